The second-order valence-electron chi connectivity index (χ2n) is 3.37. The summed E-state index contributed by atoms with van der Waals surface area (Å²) in [6.07, 6.45) is 0.0666. The maximum absolute atomic E-state index is 13.1. The Kier molecular flexibility index (Phi) is 4.09. The van der Waals surface area contributed by atoms with E-state index >= 15 is 0 Å². The molecule has 0 fully saturated rings. The summed E-state index contributed by atoms with van der Waals surface area (Å²) in [5.41, 5.74) is 6.02. The van der Waals surface area contributed by atoms with E-state index in [0.717, 1.165) is 6.07 Å². The zero-order chi connectivity index (χ0) is 12.3. The standard InChI is InChI=1S/C10H11ClFNO3/c11-6-3-5(4-7(12)10(6)16)8(13)1-2-9(14)15/h3-4,8,16H,1-2,13H2,(H,14,15). The Hall–Kier alpha value is -1.33. The summed E-state index contributed by atoms with van der Waals surface area (Å²) in [6.45, 7) is 0. The summed E-state index contributed by atoms with van der Waals surface area (Å²) in [5.74, 6) is -2.47. The van der Waals surface area contributed by atoms with E-state index in [1.54, 1.807) is 0 Å². The van der Waals surface area contributed by atoms with Crippen LogP contribution in [0.1, 0.15) is 24.4 Å². The third-order valence-electron chi connectivity index (χ3n) is 2.14. The fraction of sp³-hybridized carbons (Fsp3) is 0.300. The van der Waals surface area contributed by atoms with Crippen LogP contribution in [0.4, 0.5) is 4.39 Å². The van der Waals surface area contributed by atoms with Crippen LogP contribution in [-0.4, -0.2) is 16.2 Å². The Morgan fingerprint density at radius 3 is 2.69 bits per heavy atom. The summed E-state index contributed by atoms with van der Waals surface area (Å²) < 4.78 is 13.1. The van der Waals surface area contributed by atoms with Crippen LogP contribution in [0.2, 0.25) is 5.02 Å². The average Bonchev–Trinajstić information content (AvgIpc) is 2.21. The molecular weight excluding hydrogens is 237 g/mol. The highest BCUT2D eigenvalue weighted by molar-refractivity contribution is 6.32. The topological polar surface area (TPSA) is 83.6 Å². The first kappa shape index (κ1) is 12.7. The van der Waals surface area contributed by atoms with E-state index in [2.05, 4.69) is 0 Å². The summed E-state index contributed by atoms with van der Waals surface area (Å²) >= 11 is 5.56. The van der Waals surface area contributed by atoms with Gasteiger partial charge in [-0.15, -0.1) is 0 Å². The number of hydrogen-bond donors (Lipinski definition) is 3. The van der Waals surface area contributed by atoms with Crippen LogP contribution >= 0.6 is 11.6 Å². The number of carboxylic acids is 1. The summed E-state index contributed by atoms with van der Waals surface area (Å²) in [5, 5.41) is 17.4. The first-order valence-corrected chi connectivity index (χ1v) is 4.95. The van der Waals surface area contributed by atoms with Crippen LogP contribution in [0.15, 0.2) is 12.1 Å². The van der Waals surface area contributed by atoms with E-state index in [0.29, 0.717) is 5.56 Å². The lowest BCUT2D eigenvalue weighted by Crippen LogP contribution is -2.12. The molecule has 1 unspecified atom stereocenters. The van der Waals surface area contributed by atoms with Crippen LogP contribution in [0.3, 0.4) is 0 Å². The minimum atomic E-state index is -0.971. The molecule has 0 aliphatic heterocycles. The number of carboxylic acid groups (broad SMARTS) is 1. The van der Waals surface area contributed by atoms with Crippen molar-refractivity contribution in [3.63, 3.8) is 0 Å². The number of carbonyl (C=O) groups is 1. The predicted molar refractivity (Wildman–Crippen MR) is 56.9 cm³/mol. The van der Waals surface area contributed by atoms with Crippen molar-refractivity contribution in [3.8, 4) is 5.75 Å². The normalized spacial score (nSPS) is 12.4. The Morgan fingerprint density at radius 2 is 2.19 bits per heavy atom. The lowest BCUT2D eigenvalue weighted by Gasteiger charge is -2.12. The average molecular weight is 248 g/mol. The molecule has 0 heterocycles. The predicted octanol–water partition coefficient (Wildman–Crippen LogP) is 2.05. The molecule has 1 atom stereocenters. The van der Waals surface area contributed by atoms with Gasteiger partial charge in [-0.05, 0) is 24.1 Å². The molecule has 0 bridgehead atoms. The van der Waals surface area contributed by atoms with E-state index in [-0.39, 0.29) is 17.9 Å². The summed E-state index contributed by atoms with van der Waals surface area (Å²) in [4.78, 5) is 10.3. The molecule has 16 heavy (non-hydrogen) atoms. The number of aromatic hydroxyl groups is 1. The zero-order valence-electron chi connectivity index (χ0n) is 8.28. The Labute approximate surface area is 96.4 Å². The lowest BCUT2D eigenvalue weighted by molar-refractivity contribution is -0.137. The van der Waals surface area contributed by atoms with Gasteiger partial charge in [0.25, 0.3) is 0 Å². The van der Waals surface area contributed by atoms with E-state index in [9.17, 15) is 9.18 Å². The second kappa shape index (κ2) is 5.14. The number of nitrogens with two attached hydrogens (primary N) is 1. The lowest BCUT2D eigenvalue weighted by atomic mass is 10.0. The Balaban J connectivity index is 2.84. The zero-order valence-corrected chi connectivity index (χ0v) is 9.04. The SMILES string of the molecule is NC(CCC(=O)O)c1cc(F)c(O)c(Cl)c1. The van der Waals surface area contributed by atoms with Gasteiger partial charge in [-0.3, -0.25) is 4.79 Å². The van der Waals surface area contributed by atoms with Gasteiger partial charge in [0.05, 0.1) is 5.02 Å². The molecule has 0 saturated heterocycles. The van der Waals surface area contributed by atoms with Crippen molar-refractivity contribution in [1.82, 2.24) is 0 Å². The summed E-state index contributed by atoms with van der Waals surface area (Å²) in [6, 6.07) is 1.75. The first-order valence-electron chi connectivity index (χ1n) is 4.57. The van der Waals surface area contributed by atoms with Gasteiger partial charge in [0, 0.05) is 12.5 Å². The van der Waals surface area contributed by atoms with Crippen molar-refractivity contribution in [2.75, 3.05) is 0 Å². The number of phenolic OH excluding ortho intramolecular Hbond substituents is 1. The van der Waals surface area contributed by atoms with Gasteiger partial charge in [0.2, 0.25) is 0 Å². The van der Waals surface area contributed by atoms with E-state index in [1.165, 1.54) is 6.07 Å². The number of phenols is 1. The second-order valence-corrected chi connectivity index (χ2v) is 3.78. The van der Waals surface area contributed by atoms with Crippen molar-refractivity contribution in [2.45, 2.75) is 18.9 Å². The number of hydrogen-bond acceptors (Lipinski definition) is 3. The number of rotatable bonds is 4. The Morgan fingerprint density at radius 1 is 1.56 bits per heavy atom. The minimum absolute atomic E-state index is 0.110. The van der Waals surface area contributed by atoms with Gasteiger partial charge in [0.15, 0.2) is 11.6 Å². The number of halogens is 2. The summed E-state index contributed by atoms with van der Waals surface area (Å²) in [7, 11) is 0. The molecule has 0 aromatic heterocycles. The van der Waals surface area contributed by atoms with Gasteiger partial charge < -0.3 is 15.9 Å². The molecule has 4 N–H and O–H groups in total. The van der Waals surface area contributed by atoms with Crippen molar-refractivity contribution < 1.29 is 19.4 Å². The molecule has 1 aromatic carbocycles. The number of aliphatic carboxylic acids is 1. The smallest absolute Gasteiger partial charge is 0.303 e. The molecule has 0 aliphatic carbocycles. The van der Waals surface area contributed by atoms with Crippen molar-refractivity contribution >= 4 is 17.6 Å². The largest absolute Gasteiger partial charge is 0.504 e. The van der Waals surface area contributed by atoms with E-state index in [1.807, 2.05) is 0 Å². The number of benzene rings is 1. The van der Waals surface area contributed by atoms with Gasteiger partial charge in [0.1, 0.15) is 0 Å². The Bertz CT molecular complexity index is 388. The van der Waals surface area contributed by atoms with E-state index < -0.39 is 23.6 Å². The fourth-order valence-corrected chi connectivity index (χ4v) is 1.46. The molecule has 0 amide bonds. The fourth-order valence-electron chi connectivity index (χ4n) is 1.24. The molecular formula is C10H11ClFNO3. The van der Waals surface area contributed by atoms with Crippen molar-refractivity contribution in [1.29, 1.82) is 0 Å². The van der Waals surface area contributed by atoms with Crippen molar-refractivity contribution in [2.24, 2.45) is 5.73 Å². The first-order chi connectivity index (χ1) is 7.41. The highest BCUT2D eigenvalue weighted by atomic mass is 35.5. The minimum Gasteiger partial charge on any atom is -0.504 e. The van der Waals surface area contributed by atoms with Crippen molar-refractivity contribution in [3.05, 3.63) is 28.5 Å². The third kappa shape index (κ3) is 3.08. The molecule has 6 heteroatoms. The van der Waals surface area contributed by atoms with Crippen LogP contribution in [-0.2, 0) is 4.79 Å². The molecule has 4 nitrogen and oxygen atoms in total. The van der Waals surface area contributed by atoms with Gasteiger partial charge in [-0.25, -0.2) is 4.39 Å². The molecule has 1 rings (SSSR count). The molecule has 0 radical (unpaired) electrons. The van der Waals surface area contributed by atoms with Gasteiger partial charge >= 0.3 is 5.97 Å². The highest BCUT2D eigenvalue weighted by Gasteiger charge is 2.14. The maximum atomic E-state index is 13.1. The molecule has 1 aromatic rings. The quantitative estimate of drug-likeness (QED) is 0.760. The molecule has 0 aliphatic rings. The van der Waals surface area contributed by atoms with Crippen LogP contribution < -0.4 is 5.73 Å². The van der Waals surface area contributed by atoms with Gasteiger partial charge in [-0.2, -0.15) is 0 Å². The molecule has 88 valence electrons. The molecule has 0 saturated carbocycles. The van der Waals surface area contributed by atoms with Crippen LogP contribution in [0.5, 0.6) is 5.75 Å². The highest BCUT2D eigenvalue weighted by Crippen LogP contribution is 2.30. The third-order valence-corrected chi connectivity index (χ3v) is 2.42. The van der Waals surface area contributed by atoms with E-state index in [4.69, 9.17) is 27.5 Å². The van der Waals surface area contributed by atoms with Crippen LogP contribution in [0.25, 0.3) is 0 Å². The maximum Gasteiger partial charge on any atom is 0.303 e. The van der Waals surface area contributed by atoms with Gasteiger partial charge in [-0.1, -0.05) is 11.6 Å². The molecule has 0 spiro atoms. The van der Waals surface area contributed by atoms with Crippen LogP contribution in [0, 0.1) is 5.82 Å². The monoisotopic (exact) mass is 247 g/mol.